The maximum atomic E-state index is 13.8. The molecule has 0 bridgehead atoms. The van der Waals surface area contributed by atoms with Crippen molar-refractivity contribution in [3.8, 4) is 5.82 Å². The monoisotopic (exact) mass is 474 g/mol. The number of amides is 1. The van der Waals surface area contributed by atoms with Crippen LogP contribution in [0.1, 0.15) is 59.8 Å². The van der Waals surface area contributed by atoms with Crippen LogP contribution in [-0.4, -0.2) is 81.4 Å². The number of carbonyl (C=O) groups is 1. The maximum Gasteiger partial charge on any atom is 0.254 e. The van der Waals surface area contributed by atoms with Crippen molar-refractivity contribution in [3.05, 3.63) is 47.4 Å². The van der Waals surface area contributed by atoms with E-state index in [1.54, 1.807) is 10.9 Å². The minimum atomic E-state index is 0.120. The van der Waals surface area contributed by atoms with E-state index in [1.165, 1.54) is 6.42 Å². The maximum absolute atomic E-state index is 13.8. The fraction of sp³-hybridized carbons (Fsp3) is 0.556. The van der Waals surface area contributed by atoms with E-state index < -0.39 is 0 Å². The molecule has 6 rings (SSSR count). The van der Waals surface area contributed by atoms with Crippen LogP contribution in [0, 0.1) is 12.8 Å². The smallest absolute Gasteiger partial charge is 0.254 e. The molecule has 0 aromatic carbocycles. The Hall–Kier alpha value is -2.84. The normalized spacial score (nSPS) is 20.0. The molecule has 3 aromatic rings. The molecule has 35 heavy (non-hydrogen) atoms. The molecule has 8 nitrogen and oxygen atoms in total. The van der Waals surface area contributed by atoms with Crippen molar-refractivity contribution in [3.63, 3.8) is 0 Å². The van der Waals surface area contributed by atoms with Crippen LogP contribution < -0.4 is 0 Å². The molecular formula is C27H34N6O2. The topological polar surface area (TPSA) is 76.4 Å². The number of aromatic nitrogens is 4. The van der Waals surface area contributed by atoms with Gasteiger partial charge in [0.1, 0.15) is 0 Å². The van der Waals surface area contributed by atoms with Gasteiger partial charge in [-0.3, -0.25) is 9.69 Å². The summed E-state index contributed by atoms with van der Waals surface area (Å²) in [6.07, 6.45) is 7.40. The number of aryl methyl sites for hydroxylation is 1. The zero-order valence-electron chi connectivity index (χ0n) is 20.5. The Balaban J connectivity index is 1.22. The second-order valence-electron chi connectivity index (χ2n) is 10.2. The summed E-state index contributed by atoms with van der Waals surface area (Å²) >= 11 is 0. The lowest BCUT2D eigenvalue weighted by atomic mass is 9.92. The first kappa shape index (κ1) is 22.6. The van der Waals surface area contributed by atoms with Gasteiger partial charge in [0.25, 0.3) is 5.91 Å². The summed E-state index contributed by atoms with van der Waals surface area (Å²) in [4.78, 5) is 27.9. The standard InChI is InChI=1S/C27H34N6O2/c1-19-25-22(27(34)32-12-8-20(9-13-32)7-11-31-14-16-35-17-15-31)18-23(21-5-6-21)29-26(25)33(30-19)24-4-2-3-10-28-24/h2-4,10,18,20-21H,5-9,11-17H2,1H3. The van der Waals surface area contributed by atoms with Crippen molar-refractivity contribution in [1.29, 1.82) is 0 Å². The van der Waals surface area contributed by atoms with E-state index in [9.17, 15) is 4.79 Å². The summed E-state index contributed by atoms with van der Waals surface area (Å²) in [5.74, 6) is 1.99. The molecule has 0 unspecified atom stereocenters. The molecule has 184 valence electrons. The first-order valence-corrected chi connectivity index (χ1v) is 13.1. The molecule has 0 N–H and O–H groups in total. The minimum absolute atomic E-state index is 0.120. The predicted molar refractivity (Wildman–Crippen MR) is 134 cm³/mol. The average Bonchev–Trinajstić information content (AvgIpc) is 3.71. The molecule has 1 aliphatic carbocycles. The van der Waals surface area contributed by atoms with E-state index in [4.69, 9.17) is 14.8 Å². The van der Waals surface area contributed by atoms with E-state index in [0.29, 0.717) is 11.8 Å². The zero-order chi connectivity index (χ0) is 23.8. The molecule has 2 aliphatic heterocycles. The molecular weight excluding hydrogens is 440 g/mol. The summed E-state index contributed by atoms with van der Waals surface area (Å²) in [5.41, 5.74) is 3.33. The van der Waals surface area contributed by atoms with Crippen molar-refractivity contribution in [1.82, 2.24) is 29.5 Å². The first-order chi connectivity index (χ1) is 17.2. The largest absolute Gasteiger partial charge is 0.379 e. The van der Waals surface area contributed by atoms with Crippen molar-refractivity contribution in [2.45, 2.75) is 44.9 Å². The number of hydrogen-bond acceptors (Lipinski definition) is 6. The molecule has 1 amide bonds. The number of likely N-dealkylation sites (tertiary alicyclic amines) is 1. The van der Waals surface area contributed by atoms with Crippen LogP contribution in [0.4, 0.5) is 0 Å². The second-order valence-corrected chi connectivity index (χ2v) is 10.2. The number of fused-ring (bicyclic) bond motifs is 1. The summed E-state index contributed by atoms with van der Waals surface area (Å²) in [6, 6.07) is 7.82. The molecule has 1 saturated carbocycles. The van der Waals surface area contributed by atoms with E-state index in [0.717, 1.165) is 105 Å². The van der Waals surface area contributed by atoms with Crippen LogP contribution in [0.15, 0.2) is 30.5 Å². The number of rotatable bonds is 6. The fourth-order valence-corrected chi connectivity index (χ4v) is 5.49. The lowest BCUT2D eigenvalue weighted by molar-refractivity contribution is 0.0332. The molecule has 0 radical (unpaired) electrons. The molecule has 3 aliphatic rings. The summed E-state index contributed by atoms with van der Waals surface area (Å²) in [7, 11) is 0. The van der Waals surface area contributed by atoms with Gasteiger partial charge in [-0.15, -0.1) is 0 Å². The number of carbonyl (C=O) groups excluding carboxylic acids is 1. The number of piperidine rings is 1. The van der Waals surface area contributed by atoms with Gasteiger partial charge in [0, 0.05) is 44.0 Å². The first-order valence-electron chi connectivity index (χ1n) is 13.1. The van der Waals surface area contributed by atoms with Crippen LogP contribution in [0.3, 0.4) is 0 Å². The Labute approximate surface area is 206 Å². The molecule has 3 aromatic heterocycles. The van der Waals surface area contributed by atoms with Crippen molar-refractivity contribution in [2.75, 3.05) is 45.9 Å². The molecule has 0 spiro atoms. The third kappa shape index (κ3) is 4.69. The van der Waals surface area contributed by atoms with E-state index in [-0.39, 0.29) is 5.91 Å². The Morgan fingerprint density at radius 2 is 1.89 bits per heavy atom. The zero-order valence-corrected chi connectivity index (χ0v) is 20.5. The number of morpholine rings is 1. The Kier molecular flexibility index (Phi) is 6.24. The third-order valence-electron chi connectivity index (χ3n) is 7.78. The van der Waals surface area contributed by atoms with E-state index in [2.05, 4.69) is 9.88 Å². The van der Waals surface area contributed by atoms with Crippen LogP contribution in [0.25, 0.3) is 16.9 Å². The van der Waals surface area contributed by atoms with Gasteiger partial charge in [0.15, 0.2) is 11.5 Å². The molecule has 2 saturated heterocycles. The highest BCUT2D eigenvalue weighted by Crippen LogP contribution is 2.41. The molecule has 8 heteroatoms. The van der Waals surface area contributed by atoms with Crippen LogP contribution in [-0.2, 0) is 4.74 Å². The van der Waals surface area contributed by atoms with Gasteiger partial charge in [-0.2, -0.15) is 9.78 Å². The predicted octanol–water partition coefficient (Wildman–Crippen LogP) is 3.58. The fourth-order valence-electron chi connectivity index (χ4n) is 5.49. The summed E-state index contributed by atoms with van der Waals surface area (Å²) < 4.78 is 7.26. The number of nitrogens with zero attached hydrogens (tertiary/aromatic N) is 6. The highest BCUT2D eigenvalue weighted by atomic mass is 16.5. The quantitative estimate of drug-likeness (QED) is 0.544. The molecule has 3 fully saturated rings. The van der Waals surface area contributed by atoms with E-state index in [1.807, 2.05) is 36.1 Å². The molecule has 0 atom stereocenters. The number of hydrogen-bond donors (Lipinski definition) is 0. The average molecular weight is 475 g/mol. The van der Waals surface area contributed by atoms with Gasteiger partial charge in [-0.05, 0) is 69.7 Å². The molecule has 5 heterocycles. The van der Waals surface area contributed by atoms with Crippen molar-refractivity contribution < 1.29 is 9.53 Å². The van der Waals surface area contributed by atoms with Crippen molar-refractivity contribution >= 4 is 16.9 Å². The second kappa shape index (κ2) is 9.66. The van der Waals surface area contributed by atoms with Gasteiger partial charge < -0.3 is 9.64 Å². The van der Waals surface area contributed by atoms with Crippen LogP contribution >= 0.6 is 0 Å². The van der Waals surface area contributed by atoms with Gasteiger partial charge in [-0.1, -0.05) is 6.07 Å². The SMILES string of the molecule is Cc1nn(-c2ccccn2)c2nc(C3CC3)cc(C(=O)N3CCC(CCN4CCOCC4)CC3)c12. The van der Waals surface area contributed by atoms with Crippen LogP contribution in [0.2, 0.25) is 0 Å². The van der Waals surface area contributed by atoms with Gasteiger partial charge in [0.05, 0.1) is 29.9 Å². The Bertz CT molecular complexity index is 1190. The number of pyridine rings is 2. The van der Waals surface area contributed by atoms with Crippen LogP contribution in [0.5, 0.6) is 0 Å². The highest BCUT2D eigenvalue weighted by Gasteiger charge is 2.31. The summed E-state index contributed by atoms with van der Waals surface area (Å²) in [6.45, 7) is 8.55. The lowest BCUT2D eigenvalue weighted by Gasteiger charge is -2.34. The van der Waals surface area contributed by atoms with Gasteiger partial charge in [0.2, 0.25) is 0 Å². The summed E-state index contributed by atoms with van der Waals surface area (Å²) in [5, 5.41) is 5.62. The van der Waals surface area contributed by atoms with Crippen molar-refractivity contribution in [2.24, 2.45) is 5.92 Å². The van der Waals surface area contributed by atoms with E-state index >= 15 is 0 Å². The third-order valence-corrected chi connectivity index (χ3v) is 7.78. The lowest BCUT2D eigenvalue weighted by Crippen LogP contribution is -2.41. The number of ether oxygens (including phenoxy) is 1. The Morgan fingerprint density at radius 1 is 1.09 bits per heavy atom. The highest BCUT2D eigenvalue weighted by molar-refractivity contribution is 6.06. The minimum Gasteiger partial charge on any atom is -0.379 e. The van der Waals surface area contributed by atoms with Gasteiger partial charge >= 0.3 is 0 Å². The van der Waals surface area contributed by atoms with Gasteiger partial charge in [-0.25, -0.2) is 9.97 Å². The Morgan fingerprint density at radius 3 is 2.60 bits per heavy atom.